The van der Waals surface area contributed by atoms with Crippen LogP contribution in [0.4, 0.5) is 0 Å². The lowest BCUT2D eigenvalue weighted by Gasteiger charge is -2.23. The van der Waals surface area contributed by atoms with Crippen molar-refractivity contribution < 1.29 is 9.15 Å². The van der Waals surface area contributed by atoms with Gasteiger partial charge in [-0.2, -0.15) is 0 Å². The lowest BCUT2D eigenvalue weighted by atomic mass is 9.95. The van der Waals surface area contributed by atoms with E-state index in [9.17, 15) is 0 Å². The lowest BCUT2D eigenvalue weighted by Crippen LogP contribution is -2.29. The quantitative estimate of drug-likeness (QED) is 0.859. The van der Waals surface area contributed by atoms with Gasteiger partial charge < -0.3 is 14.5 Å². The Morgan fingerprint density at radius 3 is 2.82 bits per heavy atom. The second-order valence-electron chi connectivity index (χ2n) is 4.21. The van der Waals surface area contributed by atoms with Gasteiger partial charge in [0.15, 0.2) is 0 Å². The predicted molar refractivity (Wildman–Crippen MR) is 65.3 cm³/mol. The number of hydrogen-bond acceptors (Lipinski definition) is 3. The van der Waals surface area contributed by atoms with E-state index < -0.39 is 0 Å². The van der Waals surface area contributed by atoms with Crippen LogP contribution in [0, 0.1) is 0 Å². The van der Waals surface area contributed by atoms with E-state index in [-0.39, 0.29) is 6.04 Å². The van der Waals surface area contributed by atoms with E-state index >= 15 is 0 Å². The summed E-state index contributed by atoms with van der Waals surface area (Å²) in [5.74, 6) is 1.99. The van der Waals surface area contributed by atoms with Gasteiger partial charge in [-0.3, -0.25) is 0 Å². The van der Waals surface area contributed by atoms with E-state index in [1.807, 2.05) is 12.1 Å². The maximum atomic E-state index is 5.49. The van der Waals surface area contributed by atoms with Crippen molar-refractivity contribution in [2.24, 2.45) is 0 Å². The molecule has 1 aromatic heterocycles. The summed E-state index contributed by atoms with van der Waals surface area (Å²) in [7, 11) is 1.68. The molecule has 0 saturated carbocycles. The Hall–Kier alpha value is -1.74. The van der Waals surface area contributed by atoms with Gasteiger partial charge in [-0.05, 0) is 23.8 Å². The molecule has 88 valence electrons. The van der Waals surface area contributed by atoms with Crippen molar-refractivity contribution in [3.63, 3.8) is 0 Å². The second-order valence-corrected chi connectivity index (χ2v) is 4.21. The van der Waals surface area contributed by atoms with Crippen LogP contribution in [0.15, 0.2) is 41.0 Å². The SMILES string of the molecule is COc1ccc(C2NCCc3occc32)cc1. The van der Waals surface area contributed by atoms with E-state index in [2.05, 4.69) is 23.5 Å². The van der Waals surface area contributed by atoms with Crippen LogP contribution >= 0.6 is 0 Å². The molecule has 0 spiro atoms. The molecule has 0 aliphatic carbocycles. The third-order valence-electron chi connectivity index (χ3n) is 3.24. The molecule has 17 heavy (non-hydrogen) atoms. The van der Waals surface area contributed by atoms with Gasteiger partial charge in [0.1, 0.15) is 11.5 Å². The van der Waals surface area contributed by atoms with Crippen LogP contribution in [-0.4, -0.2) is 13.7 Å². The molecule has 3 rings (SSSR count). The fourth-order valence-electron chi connectivity index (χ4n) is 2.34. The number of fused-ring (bicyclic) bond motifs is 1. The fourth-order valence-corrected chi connectivity index (χ4v) is 2.34. The van der Waals surface area contributed by atoms with Crippen molar-refractivity contribution in [2.45, 2.75) is 12.5 Å². The summed E-state index contributed by atoms with van der Waals surface area (Å²) >= 11 is 0. The van der Waals surface area contributed by atoms with Crippen molar-refractivity contribution in [1.82, 2.24) is 5.32 Å². The third-order valence-corrected chi connectivity index (χ3v) is 3.24. The van der Waals surface area contributed by atoms with E-state index in [1.165, 1.54) is 11.1 Å². The first-order chi connectivity index (χ1) is 8.38. The van der Waals surface area contributed by atoms with Crippen LogP contribution in [-0.2, 0) is 6.42 Å². The average Bonchev–Trinajstić information content (AvgIpc) is 2.87. The van der Waals surface area contributed by atoms with E-state index in [0.717, 1.165) is 24.5 Å². The minimum Gasteiger partial charge on any atom is -0.497 e. The van der Waals surface area contributed by atoms with Crippen LogP contribution in [0.1, 0.15) is 22.9 Å². The van der Waals surface area contributed by atoms with Crippen molar-refractivity contribution in [1.29, 1.82) is 0 Å². The molecule has 0 saturated heterocycles. The molecule has 2 heterocycles. The molecule has 1 aromatic carbocycles. The lowest BCUT2D eigenvalue weighted by molar-refractivity contribution is 0.414. The molecule has 0 fully saturated rings. The molecule has 0 amide bonds. The predicted octanol–water partition coefficient (Wildman–Crippen LogP) is 2.52. The summed E-state index contributed by atoms with van der Waals surface area (Å²) in [5.41, 5.74) is 2.49. The molecule has 3 heteroatoms. The highest BCUT2D eigenvalue weighted by Crippen LogP contribution is 2.30. The Bertz CT molecular complexity index is 501. The number of ether oxygens (including phenoxy) is 1. The molecular formula is C14H15NO2. The first kappa shape index (κ1) is 10.4. The van der Waals surface area contributed by atoms with E-state index in [0.29, 0.717) is 0 Å². The number of furan rings is 1. The Morgan fingerprint density at radius 1 is 1.24 bits per heavy atom. The smallest absolute Gasteiger partial charge is 0.118 e. The summed E-state index contributed by atoms with van der Waals surface area (Å²) in [4.78, 5) is 0. The Kier molecular flexibility index (Phi) is 2.61. The summed E-state index contributed by atoms with van der Waals surface area (Å²) in [6.45, 7) is 0.956. The van der Waals surface area contributed by atoms with Crippen LogP contribution in [0.25, 0.3) is 0 Å². The average molecular weight is 229 g/mol. The van der Waals surface area contributed by atoms with Crippen LogP contribution in [0.3, 0.4) is 0 Å². The topological polar surface area (TPSA) is 34.4 Å². The number of hydrogen-bond donors (Lipinski definition) is 1. The van der Waals surface area contributed by atoms with E-state index in [4.69, 9.17) is 9.15 Å². The molecule has 1 unspecified atom stereocenters. The molecule has 1 atom stereocenters. The standard InChI is InChI=1S/C14H15NO2/c1-16-11-4-2-10(3-5-11)14-12-7-9-17-13(12)6-8-15-14/h2-5,7,9,14-15H,6,8H2,1H3. The number of nitrogens with one attached hydrogen (secondary N) is 1. The highest BCUT2D eigenvalue weighted by molar-refractivity contribution is 5.37. The fraction of sp³-hybridized carbons (Fsp3) is 0.286. The van der Waals surface area contributed by atoms with Gasteiger partial charge in [0.25, 0.3) is 0 Å². The van der Waals surface area contributed by atoms with Crippen molar-refractivity contribution in [3.8, 4) is 5.75 Å². The van der Waals surface area contributed by atoms with Crippen molar-refractivity contribution >= 4 is 0 Å². The molecule has 2 aromatic rings. The maximum Gasteiger partial charge on any atom is 0.118 e. The van der Waals surface area contributed by atoms with Crippen molar-refractivity contribution in [2.75, 3.05) is 13.7 Å². The maximum absolute atomic E-state index is 5.49. The monoisotopic (exact) mass is 229 g/mol. The summed E-state index contributed by atoms with van der Waals surface area (Å²) in [6, 6.07) is 10.5. The second kappa shape index (κ2) is 4.26. The van der Waals surface area contributed by atoms with Crippen molar-refractivity contribution in [3.05, 3.63) is 53.5 Å². The summed E-state index contributed by atoms with van der Waals surface area (Å²) in [6.07, 6.45) is 2.74. The van der Waals surface area contributed by atoms with Crippen LogP contribution < -0.4 is 10.1 Å². The molecule has 0 radical (unpaired) electrons. The molecule has 1 aliphatic rings. The van der Waals surface area contributed by atoms with Gasteiger partial charge in [0.2, 0.25) is 0 Å². The number of methoxy groups -OCH3 is 1. The Labute approximate surface area is 100 Å². The number of benzene rings is 1. The largest absolute Gasteiger partial charge is 0.497 e. The first-order valence-electron chi connectivity index (χ1n) is 5.82. The Morgan fingerprint density at radius 2 is 2.06 bits per heavy atom. The third kappa shape index (κ3) is 1.83. The minimum absolute atomic E-state index is 0.239. The molecule has 0 bridgehead atoms. The molecule has 3 nitrogen and oxygen atoms in total. The summed E-state index contributed by atoms with van der Waals surface area (Å²) in [5, 5.41) is 3.51. The normalized spacial score (nSPS) is 18.8. The molecule has 1 aliphatic heterocycles. The first-order valence-corrected chi connectivity index (χ1v) is 5.82. The zero-order valence-corrected chi connectivity index (χ0v) is 9.77. The molecular weight excluding hydrogens is 214 g/mol. The minimum atomic E-state index is 0.239. The highest BCUT2D eigenvalue weighted by atomic mass is 16.5. The van der Waals surface area contributed by atoms with Gasteiger partial charge >= 0.3 is 0 Å². The van der Waals surface area contributed by atoms with Crippen LogP contribution in [0.2, 0.25) is 0 Å². The summed E-state index contributed by atoms with van der Waals surface area (Å²) < 4.78 is 10.7. The zero-order valence-electron chi connectivity index (χ0n) is 9.77. The zero-order chi connectivity index (χ0) is 11.7. The molecule has 1 N–H and O–H groups in total. The highest BCUT2D eigenvalue weighted by Gasteiger charge is 2.23. The van der Waals surface area contributed by atoms with Gasteiger partial charge in [-0.1, -0.05) is 12.1 Å². The van der Waals surface area contributed by atoms with Gasteiger partial charge in [0, 0.05) is 18.5 Å². The van der Waals surface area contributed by atoms with Gasteiger partial charge in [-0.15, -0.1) is 0 Å². The van der Waals surface area contributed by atoms with Gasteiger partial charge in [-0.25, -0.2) is 0 Å². The van der Waals surface area contributed by atoms with Gasteiger partial charge in [0.05, 0.1) is 19.4 Å². The van der Waals surface area contributed by atoms with Crippen LogP contribution in [0.5, 0.6) is 5.75 Å². The number of rotatable bonds is 2. The Balaban J connectivity index is 1.95. The van der Waals surface area contributed by atoms with E-state index in [1.54, 1.807) is 13.4 Å².